The van der Waals surface area contributed by atoms with E-state index in [0.29, 0.717) is 0 Å². The molecule has 3 heteroatoms. The average molecular weight is 253 g/mol. The van der Waals surface area contributed by atoms with Gasteiger partial charge in [0.25, 0.3) is 0 Å². The predicted octanol–water partition coefficient (Wildman–Crippen LogP) is 2.61. The van der Waals surface area contributed by atoms with E-state index >= 15 is 0 Å². The highest BCUT2D eigenvalue weighted by molar-refractivity contribution is 5.44. The van der Waals surface area contributed by atoms with Crippen LogP contribution >= 0.6 is 0 Å². The van der Waals surface area contributed by atoms with E-state index in [9.17, 15) is 5.11 Å². The van der Waals surface area contributed by atoms with Gasteiger partial charge in [0.05, 0.1) is 6.20 Å². The lowest BCUT2D eigenvalue weighted by Crippen LogP contribution is -2.35. The number of hydrogen-bond donors (Lipinski definition) is 1. The average Bonchev–Trinajstić information content (AvgIpc) is 2.92. The van der Waals surface area contributed by atoms with Gasteiger partial charge in [-0.15, -0.1) is 0 Å². The van der Waals surface area contributed by atoms with Crippen LogP contribution in [0.5, 0.6) is 5.75 Å². The minimum absolute atomic E-state index is 0.186. The Bertz CT molecular complexity index is 613. The molecular formula is C16H15NO2. The van der Waals surface area contributed by atoms with E-state index in [1.165, 1.54) is 5.56 Å². The Morgan fingerprint density at radius 3 is 2.89 bits per heavy atom. The summed E-state index contributed by atoms with van der Waals surface area (Å²) >= 11 is 0. The molecule has 0 spiro atoms. The Kier molecular flexibility index (Phi) is 2.21. The number of aromatic nitrogens is 1. The van der Waals surface area contributed by atoms with Crippen LogP contribution in [-0.2, 0) is 5.60 Å². The van der Waals surface area contributed by atoms with Gasteiger partial charge in [0.15, 0.2) is 0 Å². The minimum atomic E-state index is -0.848. The third-order valence-electron chi connectivity index (χ3n) is 4.41. The molecule has 2 aromatic rings. The monoisotopic (exact) mass is 253 g/mol. The second kappa shape index (κ2) is 3.81. The maximum atomic E-state index is 11.0. The summed E-state index contributed by atoms with van der Waals surface area (Å²) in [5.41, 5.74) is 1.29. The fourth-order valence-corrected chi connectivity index (χ4v) is 3.48. The SMILES string of the molecule is OC12CCC(c3ccccc3)C1Oc1cnccc12. The van der Waals surface area contributed by atoms with Gasteiger partial charge in [0, 0.05) is 17.7 Å². The smallest absolute Gasteiger partial charge is 0.144 e. The highest BCUT2D eigenvalue weighted by Crippen LogP contribution is 2.54. The lowest BCUT2D eigenvalue weighted by molar-refractivity contribution is -0.0219. The first-order valence-corrected chi connectivity index (χ1v) is 6.67. The van der Waals surface area contributed by atoms with Crippen molar-refractivity contribution in [3.63, 3.8) is 0 Å². The zero-order chi connectivity index (χ0) is 12.9. The van der Waals surface area contributed by atoms with Crippen LogP contribution in [0.4, 0.5) is 0 Å². The highest BCUT2D eigenvalue weighted by Gasteiger charge is 2.55. The van der Waals surface area contributed by atoms with E-state index in [2.05, 4.69) is 17.1 Å². The van der Waals surface area contributed by atoms with Crippen LogP contribution in [0.25, 0.3) is 0 Å². The van der Waals surface area contributed by atoms with Gasteiger partial charge >= 0.3 is 0 Å². The van der Waals surface area contributed by atoms with Crippen LogP contribution in [0.15, 0.2) is 48.8 Å². The molecule has 0 radical (unpaired) electrons. The standard InChI is InChI=1S/C16H15NO2/c18-16-8-6-12(11-4-2-1-3-5-11)15(16)19-14-10-17-9-7-13(14)16/h1-5,7,9-10,12,15,18H,6,8H2. The number of nitrogens with zero attached hydrogens (tertiary/aromatic N) is 1. The Labute approximate surface area is 111 Å². The van der Waals surface area contributed by atoms with Crippen molar-refractivity contribution in [2.45, 2.75) is 30.5 Å². The maximum Gasteiger partial charge on any atom is 0.144 e. The molecule has 0 bridgehead atoms. The summed E-state index contributed by atoms with van der Waals surface area (Å²) < 4.78 is 5.99. The first kappa shape index (κ1) is 11.0. The third-order valence-corrected chi connectivity index (χ3v) is 4.41. The van der Waals surface area contributed by atoms with Crippen molar-refractivity contribution in [1.82, 2.24) is 4.98 Å². The largest absolute Gasteiger partial charge is 0.484 e. The Morgan fingerprint density at radius 1 is 1.21 bits per heavy atom. The summed E-state index contributed by atoms with van der Waals surface area (Å²) in [6, 6.07) is 12.2. The molecule has 1 aliphatic heterocycles. The number of pyridine rings is 1. The van der Waals surface area contributed by atoms with Crippen LogP contribution in [0.2, 0.25) is 0 Å². The van der Waals surface area contributed by atoms with Gasteiger partial charge in [-0.2, -0.15) is 0 Å². The number of ether oxygens (including phenoxy) is 1. The van der Waals surface area contributed by atoms with Gasteiger partial charge in [-0.25, -0.2) is 0 Å². The second-order valence-electron chi connectivity index (χ2n) is 5.39. The summed E-state index contributed by atoms with van der Waals surface area (Å²) in [6.07, 6.45) is 4.93. The zero-order valence-electron chi connectivity index (χ0n) is 10.5. The first-order chi connectivity index (χ1) is 9.29. The molecule has 2 heterocycles. The predicted molar refractivity (Wildman–Crippen MR) is 71.0 cm³/mol. The third kappa shape index (κ3) is 1.45. The van der Waals surface area contributed by atoms with Crippen LogP contribution in [0, 0.1) is 0 Å². The van der Waals surface area contributed by atoms with Crippen molar-refractivity contribution >= 4 is 0 Å². The van der Waals surface area contributed by atoms with Crippen molar-refractivity contribution < 1.29 is 9.84 Å². The molecule has 19 heavy (non-hydrogen) atoms. The molecule has 1 saturated carbocycles. The van der Waals surface area contributed by atoms with Crippen molar-refractivity contribution in [3.05, 3.63) is 59.9 Å². The number of aliphatic hydroxyl groups is 1. The van der Waals surface area contributed by atoms with Gasteiger partial charge in [-0.1, -0.05) is 30.3 Å². The molecule has 1 aromatic carbocycles. The molecule has 1 aliphatic carbocycles. The van der Waals surface area contributed by atoms with Gasteiger partial charge < -0.3 is 9.84 Å². The van der Waals surface area contributed by atoms with Crippen molar-refractivity contribution in [2.24, 2.45) is 0 Å². The first-order valence-electron chi connectivity index (χ1n) is 6.67. The number of fused-ring (bicyclic) bond motifs is 3. The van der Waals surface area contributed by atoms with Gasteiger partial charge in [0.1, 0.15) is 17.5 Å². The summed E-state index contributed by atoms with van der Waals surface area (Å²) in [5.74, 6) is 0.981. The molecule has 0 amide bonds. The number of benzene rings is 1. The van der Waals surface area contributed by atoms with Gasteiger partial charge in [-0.3, -0.25) is 4.98 Å². The summed E-state index contributed by atoms with van der Waals surface area (Å²) in [6.45, 7) is 0. The molecule has 96 valence electrons. The van der Waals surface area contributed by atoms with Crippen molar-refractivity contribution in [1.29, 1.82) is 0 Å². The van der Waals surface area contributed by atoms with Crippen LogP contribution in [-0.4, -0.2) is 16.2 Å². The Morgan fingerprint density at radius 2 is 2.05 bits per heavy atom. The number of hydrogen-bond acceptors (Lipinski definition) is 3. The fraction of sp³-hybridized carbons (Fsp3) is 0.312. The summed E-state index contributed by atoms with van der Waals surface area (Å²) in [4.78, 5) is 4.08. The molecule has 3 atom stereocenters. The van der Waals surface area contributed by atoms with E-state index in [-0.39, 0.29) is 12.0 Å². The summed E-state index contributed by atoms with van der Waals surface area (Å²) in [5, 5.41) is 11.0. The van der Waals surface area contributed by atoms with E-state index in [1.807, 2.05) is 24.3 Å². The van der Waals surface area contributed by atoms with Gasteiger partial charge in [0.2, 0.25) is 0 Å². The van der Waals surface area contributed by atoms with Crippen LogP contribution < -0.4 is 4.74 Å². The molecule has 1 fully saturated rings. The topological polar surface area (TPSA) is 42.4 Å². The molecule has 4 rings (SSSR count). The molecule has 3 nitrogen and oxygen atoms in total. The van der Waals surface area contributed by atoms with Gasteiger partial charge in [-0.05, 0) is 24.5 Å². The molecule has 1 aromatic heterocycles. The Balaban J connectivity index is 1.76. The van der Waals surface area contributed by atoms with Crippen LogP contribution in [0.3, 0.4) is 0 Å². The molecule has 0 saturated heterocycles. The molecule has 2 aliphatic rings. The normalized spacial score (nSPS) is 31.6. The van der Waals surface area contributed by atoms with E-state index in [0.717, 1.165) is 24.2 Å². The Hall–Kier alpha value is -1.87. The molecular weight excluding hydrogens is 238 g/mol. The highest BCUT2D eigenvalue weighted by atomic mass is 16.5. The van der Waals surface area contributed by atoms with E-state index in [4.69, 9.17) is 4.74 Å². The van der Waals surface area contributed by atoms with Crippen molar-refractivity contribution in [3.8, 4) is 5.75 Å². The zero-order valence-corrected chi connectivity index (χ0v) is 10.5. The van der Waals surface area contributed by atoms with Crippen molar-refractivity contribution in [2.75, 3.05) is 0 Å². The van der Waals surface area contributed by atoms with E-state index < -0.39 is 5.60 Å². The lowest BCUT2D eigenvalue weighted by atomic mass is 9.89. The number of rotatable bonds is 1. The van der Waals surface area contributed by atoms with Crippen LogP contribution in [0.1, 0.15) is 29.9 Å². The summed E-state index contributed by atoms with van der Waals surface area (Å²) in [7, 11) is 0. The quantitative estimate of drug-likeness (QED) is 0.849. The molecule has 1 N–H and O–H groups in total. The minimum Gasteiger partial charge on any atom is -0.484 e. The van der Waals surface area contributed by atoms with E-state index in [1.54, 1.807) is 12.4 Å². The molecule has 3 unspecified atom stereocenters. The lowest BCUT2D eigenvalue weighted by Gasteiger charge is -2.24. The second-order valence-corrected chi connectivity index (χ2v) is 5.39. The maximum absolute atomic E-state index is 11.0. The fourth-order valence-electron chi connectivity index (χ4n) is 3.48.